The highest BCUT2D eigenvalue weighted by Gasteiger charge is 2.19. The fourth-order valence-corrected chi connectivity index (χ4v) is 6.96. The molecule has 0 amide bonds. The van der Waals surface area contributed by atoms with E-state index in [0.29, 0.717) is 11.4 Å². The van der Waals surface area contributed by atoms with Crippen LogP contribution in [0.1, 0.15) is 16.2 Å². The van der Waals surface area contributed by atoms with Crippen LogP contribution in [0.2, 0.25) is 0 Å². The van der Waals surface area contributed by atoms with Crippen LogP contribution in [0.15, 0.2) is 128 Å². The molecule has 0 aliphatic carbocycles. The molecule has 0 saturated heterocycles. The van der Waals surface area contributed by atoms with Gasteiger partial charge in [-0.05, 0) is 65.7 Å². The molecular formula is C35H21N3OS. The standard InChI is InChI=1S/C35H21N3OS/c39-35(26-12-5-6-19-36-26)27-21-22(18-20-37-27)23-11-7-16-31-33(23)34-30(15-8-17-32(34)40-31)38-28-13-3-1-9-24(28)25-10-2-4-14-29(25)38/h1-21H. The van der Waals surface area contributed by atoms with Crippen LogP contribution in [-0.4, -0.2) is 20.3 Å². The molecule has 0 aliphatic heterocycles. The second-order valence-electron chi connectivity index (χ2n) is 9.77. The summed E-state index contributed by atoms with van der Waals surface area (Å²) < 4.78 is 4.81. The van der Waals surface area contributed by atoms with Crippen LogP contribution >= 0.6 is 11.3 Å². The van der Waals surface area contributed by atoms with Gasteiger partial charge in [-0.1, -0.05) is 60.7 Å². The Morgan fingerprint density at radius 3 is 2.02 bits per heavy atom. The Morgan fingerprint density at radius 1 is 0.600 bits per heavy atom. The first-order valence-corrected chi connectivity index (χ1v) is 13.9. The number of carbonyl (C=O) groups is 1. The van der Waals surface area contributed by atoms with Crippen molar-refractivity contribution in [2.24, 2.45) is 0 Å². The highest BCUT2D eigenvalue weighted by molar-refractivity contribution is 7.26. The van der Waals surface area contributed by atoms with Gasteiger partial charge in [-0.3, -0.25) is 14.8 Å². The first-order chi connectivity index (χ1) is 19.8. The molecule has 8 aromatic rings. The van der Waals surface area contributed by atoms with Crippen LogP contribution in [-0.2, 0) is 0 Å². The number of thiophene rings is 1. The molecule has 0 radical (unpaired) electrons. The van der Waals surface area contributed by atoms with E-state index in [4.69, 9.17) is 0 Å². The third-order valence-corrected chi connectivity index (χ3v) is 8.64. The summed E-state index contributed by atoms with van der Waals surface area (Å²) in [5, 5.41) is 4.87. The van der Waals surface area contributed by atoms with E-state index in [0.717, 1.165) is 16.8 Å². The van der Waals surface area contributed by atoms with Crippen LogP contribution in [0.25, 0.3) is 58.8 Å². The van der Waals surface area contributed by atoms with Crippen molar-refractivity contribution in [3.05, 3.63) is 139 Å². The van der Waals surface area contributed by atoms with Gasteiger partial charge in [-0.25, -0.2) is 0 Å². The number of carbonyl (C=O) groups excluding carboxylic acids is 1. The van der Waals surface area contributed by atoms with Gasteiger partial charge in [0.25, 0.3) is 0 Å². The summed E-state index contributed by atoms with van der Waals surface area (Å²) >= 11 is 1.79. The smallest absolute Gasteiger partial charge is 0.229 e. The second kappa shape index (κ2) is 8.97. The summed E-state index contributed by atoms with van der Waals surface area (Å²) in [5.41, 5.74) is 6.31. The Kier molecular flexibility index (Phi) is 5.12. The van der Waals surface area contributed by atoms with Crippen LogP contribution in [0.3, 0.4) is 0 Å². The summed E-state index contributed by atoms with van der Waals surface area (Å²) in [6.07, 6.45) is 3.35. The Labute approximate surface area is 233 Å². The van der Waals surface area contributed by atoms with E-state index in [1.54, 1.807) is 35.9 Å². The highest BCUT2D eigenvalue weighted by atomic mass is 32.1. The molecule has 0 unspecified atom stereocenters. The molecule has 4 heterocycles. The summed E-state index contributed by atoms with van der Waals surface area (Å²) in [6, 6.07) is 39.4. The highest BCUT2D eigenvalue weighted by Crippen LogP contribution is 2.44. The van der Waals surface area contributed by atoms with Gasteiger partial charge in [0.05, 0.1) is 16.7 Å². The van der Waals surface area contributed by atoms with Crippen molar-refractivity contribution in [3.63, 3.8) is 0 Å². The zero-order valence-corrected chi connectivity index (χ0v) is 22.1. The third kappa shape index (κ3) is 3.42. The van der Waals surface area contributed by atoms with Crippen molar-refractivity contribution in [1.29, 1.82) is 0 Å². The molecule has 188 valence electrons. The SMILES string of the molecule is O=C(c1ccccn1)c1cc(-c2cccc3sc4cccc(-n5c6ccccc6c6ccccc65)c4c23)ccn1. The Bertz CT molecular complexity index is 2190. The normalized spacial score (nSPS) is 11.6. The number of hydrogen-bond acceptors (Lipinski definition) is 4. The predicted octanol–water partition coefficient (Wildman–Crippen LogP) is 8.84. The summed E-state index contributed by atoms with van der Waals surface area (Å²) in [4.78, 5) is 21.8. The molecule has 0 spiro atoms. The van der Waals surface area contributed by atoms with E-state index < -0.39 is 0 Å². The lowest BCUT2D eigenvalue weighted by molar-refractivity contribution is 0.103. The number of fused-ring (bicyclic) bond motifs is 6. The number of rotatable bonds is 4. The maximum Gasteiger partial charge on any atom is 0.229 e. The number of para-hydroxylation sites is 2. The molecule has 4 aromatic carbocycles. The zero-order chi connectivity index (χ0) is 26.6. The maximum absolute atomic E-state index is 13.2. The van der Waals surface area contributed by atoms with E-state index in [9.17, 15) is 4.79 Å². The number of pyridine rings is 2. The van der Waals surface area contributed by atoms with Gasteiger partial charge in [-0.2, -0.15) is 0 Å². The molecule has 0 aliphatic rings. The van der Waals surface area contributed by atoms with Crippen molar-refractivity contribution in [2.45, 2.75) is 0 Å². The molecule has 5 heteroatoms. The minimum Gasteiger partial charge on any atom is -0.309 e. The van der Waals surface area contributed by atoms with Gasteiger partial charge in [-0.15, -0.1) is 11.3 Å². The molecule has 0 saturated carbocycles. The van der Waals surface area contributed by atoms with Gasteiger partial charge in [0, 0.05) is 43.3 Å². The average molecular weight is 532 g/mol. The van der Waals surface area contributed by atoms with E-state index in [1.165, 1.54) is 42.0 Å². The molecule has 0 fully saturated rings. The van der Waals surface area contributed by atoms with Crippen molar-refractivity contribution in [2.75, 3.05) is 0 Å². The van der Waals surface area contributed by atoms with E-state index in [-0.39, 0.29) is 5.78 Å². The lowest BCUT2D eigenvalue weighted by Crippen LogP contribution is -2.06. The first kappa shape index (κ1) is 22.8. The lowest BCUT2D eigenvalue weighted by atomic mass is 9.98. The topological polar surface area (TPSA) is 47.8 Å². The number of ketones is 1. The second-order valence-corrected chi connectivity index (χ2v) is 10.9. The zero-order valence-electron chi connectivity index (χ0n) is 21.3. The summed E-state index contributed by atoms with van der Waals surface area (Å²) in [6.45, 7) is 0. The average Bonchev–Trinajstić information content (AvgIpc) is 3.57. The number of aromatic nitrogens is 3. The van der Waals surface area contributed by atoms with Gasteiger partial charge in [0.2, 0.25) is 5.78 Å². The molecule has 4 nitrogen and oxygen atoms in total. The van der Waals surface area contributed by atoms with E-state index in [1.807, 2.05) is 18.2 Å². The van der Waals surface area contributed by atoms with Gasteiger partial charge < -0.3 is 4.57 Å². The Hall–Kier alpha value is -5.13. The predicted molar refractivity (Wildman–Crippen MR) is 165 cm³/mol. The minimum absolute atomic E-state index is 0.184. The van der Waals surface area contributed by atoms with Gasteiger partial charge in [0.15, 0.2) is 0 Å². The molecule has 8 rings (SSSR count). The molecular weight excluding hydrogens is 510 g/mol. The maximum atomic E-state index is 13.2. The molecule has 40 heavy (non-hydrogen) atoms. The number of hydrogen-bond donors (Lipinski definition) is 0. The minimum atomic E-state index is -0.184. The van der Waals surface area contributed by atoms with Crippen molar-refractivity contribution >= 4 is 59.1 Å². The monoisotopic (exact) mass is 531 g/mol. The molecule has 4 aromatic heterocycles. The lowest BCUT2D eigenvalue weighted by Gasteiger charge is -2.12. The first-order valence-electron chi connectivity index (χ1n) is 13.1. The molecule has 0 N–H and O–H groups in total. The van der Waals surface area contributed by atoms with Crippen molar-refractivity contribution < 1.29 is 4.79 Å². The Morgan fingerprint density at radius 2 is 1.27 bits per heavy atom. The van der Waals surface area contributed by atoms with Crippen LogP contribution in [0, 0.1) is 0 Å². The van der Waals surface area contributed by atoms with Crippen LogP contribution < -0.4 is 0 Å². The van der Waals surface area contributed by atoms with E-state index in [2.05, 4.69) is 99.5 Å². The fourth-order valence-electron chi connectivity index (χ4n) is 5.81. The molecule has 0 atom stereocenters. The number of benzene rings is 4. The third-order valence-electron chi connectivity index (χ3n) is 7.52. The fraction of sp³-hybridized carbons (Fsp3) is 0. The van der Waals surface area contributed by atoms with Gasteiger partial charge >= 0.3 is 0 Å². The van der Waals surface area contributed by atoms with E-state index >= 15 is 0 Å². The van der Waals surface area contributed by atoms with Crippen LogP contribution in [0.4, 0.5) is 0 Å². The summed E-state index contributed by atoms with van der Waals surface area (Å²) in [5.74, 6) is -0.184. The Balaban J connectivity index is 1.41. The quantitative estimate of drug-likeness (QED) is 0.213. The van der Waals surface area contributed by atoms with Crippen molar-refractivity contribution in [3.8, 4) is 16.8 Å². The summed E-state index contributed by atoms with van der Waals surface area (Å²) in [7, 11) is 0. The van der Waals surface area contributed by atoms with Gasteiger partial charge in [0.1, 0.15) is 11.4 Å². The largest absolute Gasteiger partial charge is 0.309 e. The van der Waals surface area contributed by atoms with Crippen molar-refractivity contribution in [1.82, 2.24) is 14.5 Å². The number of nitrogens with zero attached hydrogens (tertiary/aromatic N) is 3. The molecule has 0 bridgehead atoms. The van der Waals surface area contributed by atoms with Crippen LogP contribution in [0.5, 0.6) is 0 Å².